The third-order valence-corrected chi connectivity index (χ3v) is 3.52. The van der Waals surface area contributed by atoms with Crippen LogP contribution in [-0.2, 0) is 0 Å². The van der Waals surface area contributed by atoms with Crippen LogP contribution in [-0.4, -0.2) is 32.2 Å². The van der Waals surface area contributed by atoms with Crippen LogP contribution < -0.4 is 0 Å². The largest absolute Gasteiger partial charge is 0.465 e. The highest BCUT2D eigenvalue weighted by Gasteiger charge is 2.28. The highest BCUT2D eigenvalue weighted by Crippen LogP contribution is 2.28. The van der Waals surface area contributed by atoms with E-state index in [1.807, 2.05) is 28.8 Å². The van der Waals surface area contributed by atoms with Gasteiger partial charge in [0.25, 0.3) is 0 Å². The first-order valence-electron chi connectivity index (χ1n) is 6.18. The molecule has 2 aromatic rings. The molecule has 3 rings (SSSR count). The van der Waals surface area contributed by atoms with E-state index in [0.29, 0.717) is 6.54 Å². The van der Waals surface area contributed by atoms with E-state index in [2.05, 4.69) is 4.98 Å². The van der Waals surface area contributed by atoms with Gasteiger partial charge in [0, 0.05) is 6.54 Å². The molecule has 0 aliphatic carbocycles. The molecule has 18 heavy (non-hydrogen) atoms. The van der Waals surface area contributed by atoms with Gasteiger partial charge in [-0.05, 0) is 31.4 Å². The maximum atomic E-state index is 11.3. The van der Waals surface area contributed by atoms with Gasteiger partial charge in [0.2, 0.25) is 0 Å². The van der Waals surface area contributed by atoms with Crippen LogP contribution in [0.4, 0.5) is 4.79 Å². The molecule has 0 spiro atoms. The summed E-state index contributed by atoms with van der Waals surface area (Å²) in [6.07, 6.45) is 3.63. The van der Waals surface area contributed by atoms with Gasteiger partial charge in [-0.2, -0.15) is 0 Å². The summed E-state index contributed by atoms with van der Waals surface area (Å²) in [7, 11) is 0. The Balaban J connectivity index is 2.04. The number of benzene rings is 1. The number of fused-ring (bicyclic) bond motifs is 1. The zero-order chi connectivity index (χ0) is 12.5. The number of nitrogens with zero attached hydrogens (tertiary/aromatic N) is 3. The molecule has 1 fully saturated rings. The number of para-hydroxylation sites is 2. The quantitative estimate of drug-likeness (QED) is 0.840. The van der Waals surface area contributed by atoms with Crippen molar-refractivity contribution in [2.45, 2.75) is 25.4 Å². The number of hydrogen-bond acceptors (Lipinski definition) is 2. The molecule has 1 aromatic carbocycles. The van der Waals surface area contributed by atoms with Crippen molar-refractivity contribution >= 4 is 17.1 Å². The van der Waals surface area contributed by atoms with E-state index in [1.165, 1.54) is 4.90 Å². The molecule has 1 saturated heterocycles. The minimum Gasteiger partial charge on any atom is -0.465 e. The average molecular weight is 245 g/mol. The van der Waals surface area contributed by atoms with Crippen LogP contribution in [0.2, 0.25) is 0 Å². The average Bonchev–Trinajstić information content (AvgIpc) is 2.82. The highest BCUT2D eigenvalue weighted by atomic mass is 16.4. The number of amides is 1. The molecule has 2 heterocycles. The summed E-state index contributed by atoms with van der Waals surface area (Å²) in [4.78, 5) is 17.1. The number of carbonyl (C=O) groups is 1. The lowest BCUT2D eigenvalue weighted by molar-refractivity contribution is 0.0811. The van der Waals surface area contributed by atoms with Gasteiger partial charge in [0.1, 0.15) is 6.17 Å². The number of carboxylic acid groups (broad SMARTS) is 1. The van der Waals surface area contributed by atoms with Gasteiger partial charge in [-0.15, -0.1) is 0 Å². The lowest BCUT2D eigenvalue weighted by atomic mass is 10.1. The first kappa shape index (κ1) is 11.1. The van der Waals surface area contributed by atoms with Crippen LogP contribution in [0, 0.1) is 0 Å². The van der Waals surface area contributed by atoms with Gasteiger partial charge in [0.15, 0.2) is 0 Å². The summed E-state index contributed by atoms with van der Waals surface area (Å²) in [6, 6.07) is 7.82. The fourth-order valence-corrected chi connectivity index (χ4v) is 2.64. The molecule has 1 aliphatic rings. The Kier molecular flexibility index (Phi) is 2.66. The normalized spacial score (nSPS) is 20.2. The molecule has 1 unspecified atom stereocenters. The van der Waals surface area contributed by atoms with Crippen LogP contribution in [0.15, 0.2) is 30.6 Å². The second-order valence-electron chi connectivity index (χ2n) is 4.59. The van der Waals surface area contributed by atoms with Gasteiger partial charge in [-0.1, -0.05) is 12.1 Å². The molecule has 1 aromatic heterocycles. The molecule has 94 valence electrons. The van der Waals surface area contributed by atoms with E-state index in [-0.39, 0.29) is 6.17 Å². The predicted octanol–water partition coefficient (Wildman–Crippen LogP) is 2.70. The Hall–Kier alpha value is -2.04. The van der Waals surface area contributed by atoms with Crippen LogP contribution >= 0.6 is 0 Å². The first-order chi connectivity index (χ1) is 8.77. The molecule has 1 atom stereocenters. The Morgan fingerprint density at radius 2 is 2.17 bits per heavy atom. The van der Waals surface area contributed by atoms with Gasteiger partial charge in [-0.3, -0.25) is 4.90 Å². The van der Waals surface area contributed by atoms with E-state index >= 15 is 0 Å². The Morgan fingerprint density at radius 3 is 3.00 bits per heavy atom. The number of hydrogen-bond donors (Lipinski definition) is 1. The number of aromatic nitrogens is 2. The summed E-state index contributed by atoms with van der Waals surface area (Å²) in [6.45, 7) is 0.604. The van der Waals surface area contributed by atoms with E-state index in [9.17, 15) is 9.90 Å². The van der Waals surface area contributed by atoms with Crippen molar-refractivity contribution in [2.75, 3.05) is 6.54 Å². The first-order valence-corrected chi connectivity index (χ1v) is 6.18. The maximum Gasteiger partial charge on any atom is 0.408 e. The molecule has 0 saturated carbocycles. The third kappa shape index (κ3) is 1.72. The van der Waals surface area contributed by atoms with Crippen molar-refractivity contribution in [3.05, 3.63) is 30.6 Å². The molecule has 5 nitrogen and oxygen atoms in total. The van der Waals surface area contributed by atoms with Crippen LogP contribution in [0.3, 0.4) is 0 Å². The fourth-order valence-electron chi connectivity index (χ4n) is 2.64. The molecule has 0 radical (unpaired) electrons. The van der Waals surface area contributed by atoms with Gasteiger partial charge >= 0.3 is 6.09 Å². The molecule has 1 aliphatic heterocycles. The number of imidazole rings is 1. The highest BCUT2D eigenvalue weighted by molar-refractivity contribution is 5.75. The number of piperidine rings is 1. The Bertz CT molecular complexity index is 578. The minimum atomic E-state index is -0.850. The zero-order valence-electron chi connectivity index (χ0n) is 9.99. The topological polar surface area (TPSA) is 58.4 Å². The van der Waals surface area contributed by atoms with Crippen molar-refractivity contribution < 1.29 is 9.90 Å². The standard InChI is InChI=1S/C13H15N3O2/c17-13(18)15-8-4-3-7-12(15)16-9-14-10-5-1-2-6-11(10)16/h1-2,5-6,9,12H,3-4,7-8H2,(H,17,18). The summed E-state index contributed by atoms with van der Waals surface area (Å²) < 4.78 is 1.97. The lowest BCUT2D eigenvalue weighted by Gasteiger charge is -2.34. The van der Waals surface area contributed by atoms with Gasteiger partial charge in [0.05, 0.1) is 17.4 Å². The van der Waals surface area contributed by atoms with Crippen molar-refractivity contribution in [3.8, 4) is 0 Å². The van der Waals surface area contributed by atoms with E-state index < -0.39 is 6.09 Å². The van der Waals surface area contributed by atoms with Crippen molar-refractivity contribution in [1.82, 2.24) is 14.5 Å². The van der Waals surface area contributed by atoms with Gasteiger partial charge in [-0.25, -0.2) is 9.78 Å². The van der Waals surface area contributed by atoms with Crippen molar-refractivity contribution in [2.24, 2.45) is 0 Å². The summed E-state index contributed by atoms with van der Waals surface area (Å²) >= 11 is 0. The maximum absolute atomic E-state index is 11.3. The van der Waals surface area contributed by atoms with Crippen molar-refractivity contribution in [1.29, 1.82) is 0 Å². The Morgan fingerprint density at radius 1 is 1.33 bits per heavy atom. The smallest absolute Gasteiger partial charge is 0.408 e. The Labute approximate surface area is 105 Å². The molecule has 1 amide bonds. The molecular formula is C13H15N3O2. The van der Waals surface area contributed by atoms with E-state index in [1.54, 1.807) is 6.33 Å². The van der Waals surface area contributed by atoms with Gasteiger partial charge < -0.3 is 9.67 Å². The molecule has 1 N–H and O–H groups in total. The fraction of sp³-hybridized carbons (Fsp3) is 0.385. The number of likely N-dealkylation sites (tertiary alicyclic amines) is 1. The molecule has 0 bridgehead atoms. The third-order valence-electron chi connectivity index (χ3n) is 3.52. The summed E-state index contributed by atoms with van der Waals surface area (Å²) in [5, 5.41) is 9.27. The van der Waals surface area contributed by atoms with Crippen LogP contribution in [0.5, 0.6) is 0 Å². The molecule has 5 heteroatoms. The monoisotopic (exact) mass is 245 g/mol. The lowest BCUT2D eigenvalue weighted by Crippen LogP contribution is -2.40. The zero-order valence-corrected chi connectivity index (χ0v) is 9.99. The predicted molar refractivity (Wildman–Crippen MR) is 67.4 cm³/mol. The second-order valence-corrected chi connectivity index (χ2v) is 4.59. The second kappa shape index (κ2) is 4.33. The molecular weight excluding hydrogens is 230 g/mol. The van der Waals surface area contributed by atoms with Crippen LogP contribution in [0.25, 0.3) is 11.0 Å². The van der Waals surface area contributed by atoms with E-state index in [4.69, 9.17) is 0 Å². The van der Waals surface area contributed by atoms with Crippen molar-refractivity contribution in [3.63, 3.8) is 0 Å². The summed E-state index contributed by atoms with van der Waals surface area (Å²) in [5.74, 6) is 0. The summed E-state index contributed by atoms with van der Waals surface area (Å²) in [5.41, 5.74) is 1.91. The minimum absolute atomic E-state index is 0.122. The van der Waals surface area contributed by atoms with Crippen LogP contribution in [0.1, 0.15) is 25.4 Å². The number of rotatable bonds is 1. The van der Waals surface area contributed by atoms with E-state index in [0.717, 1.165) is 30.3 Å². The SMILES string of the molecule is O=C(O)N1CCCCC1n1cnc2ccccc21.